The van der Waals surface area contributed by atoms with E-state index < -0.39 is 12.1 Å². The number of hydrogen-bond donors (Lipinski definition) is 0. The first kappa shape index (κ1) is 15.1. The predicted molar refractivity (Wildman–Crippen MR) is 83.2 cm³/mol. The van der Waals surface area contributed by atoms with Crippen LogP contribution in [0.1, 0.15) is 22.8 Å². The molecule has 0 bridgehead atoms. The number of carbonyl (C=O) groups excluding carboxylic acids is 2. The number of benzene rings is 2. The lowest BCUT2D eigenvalue weighted by Crippen LogP contribution is -2.37. The summed E-state index contributed by atoms with van der Waals surface area (Å²) in [5, 5.41) is 0. The molecule has 0 saturated heterocycles. The monoisotopic (exact) mass is 312 g/mol. The van der Waals surface area contributed by atoms with Gasteiger partial charge in [-0.3, -0.25) is 9.59 Å². The van der Waals surface area contributed by atoms with Gasteiger partial charge in [0.05, 0.1) is 5.56 Å². The molecule has 1 heterocycles. The number of aryl methyl sites for hydroxylation is 1. The summed E-state index contributed by atoms with van der Waals surface area (Å²) in [6, 6.07) is 12.2. The molecule has 0 amide bonds. The summed E-state index contributed by atoms with van der Waals surface area (Å²) in [4.78, 5) is 23.5. The first-order valence-corrected chi connectivity index (χ1v) is 7.26. The molecule has 0 aromatic heterocycles. The fourth-order valence-electron chi connectivity index (χ4n) is 2.40. The van der Waals surface area contributed by atoms with Gasteiger partial charge in [0.15, 0.2) is 6.10 Å². The molecule has 0 spiro atoms. The van der Waals surface area contributed by atoms with E-state index in [1.165, 1.54) is 6.92 Å². The maximum Gasteiger partial charge on any atom is 0.308 e. The molecule has 0 radical (unpaired) electrons. The van der Waals surface area contributed by atoms with Gasteiger partial charge in [0.25, 0.3) is 0 Å². The first-order valence-electron chi connectivity index (χ1n) is 7.26. The van der Waals surface area contributed by atoms with E-state index in [-0.39, 0.29) is 12.4 Å². The van der Waals surface area contributed by atoms with Crippen LogP contribution in [0.25, 0.3) is 0 Å². The van der Waals surface area contributed by atoms with Crippen molar-refractivity contribution in [1.82, 2.24) is 0 Å². The van der Waals surface area contributed by atoms with Gasteiger partial charge in [-0.1, -0.05) is 18.2 Å². The van der Waals surface area contributed by atoms with Gasteiger partial charge in [0.1, 0.15) is 23.9 Å². The Labute approximate surface area is 133 Å². The number of fused-ring (bicyclic) bond motifs is 1. The number of para-hydroxylation sites is 1. The van der Waals surface area contributed by atoms with Crippen LogP contribution in [0.3, 0.4) is 0 Å². The lowest BCUT2D eigenvalue weighted by atomic mass is 10.0. The Balaban J connectivity index is 1.81. The van der Waals surface area contributed by atoms with Gasteiger partial charge < -0.3 is 14.2 Å². The van der Waals surface area contributed by atoms with Gasteiger partial charge in [-0.15, -0.1) is 0 Å². The number of hydrogen-bond acceptors (Lipinski definition) is 5. The van der Waals surface area contributed by atoms with Crippen LogP contribution >= 0.6 is 0 Å². The number of carbonyl (C=O) groups is 2. The maximum absolute atomic E-state index is 12.6. The summed E-state index contributed by atoms with van der Waals surface area (Å²) < 4.78 is 16.4. The minimum absolute atomic E-state index is 0.115. The van der Waals surface area contributed by atoms with E-state index in [0.29, 0.717) is 22.8 Å². The van der Waals surface area contributed by atoms with Crippen molar-refractivity contribution in [2.45, 2.75) is 20.0 Å². The minimum atomic E-state index is -0.692. The van der Waals surface area contributed by atoms with Gasteiger partial charge in [0.2, 0.25) is 5.78 Å². The average Bonchev–Trinajstić information content (AvgIpc) is 2.51. The third-order valence-corrected chi connectivity index (χ3v) is 3.53. The highest BCUT2D eigenvalue weighted by molar-refractivity contribution is 6.03. The van der Waals surface area contributed by atoms with E-state index in [1.807, 2.05) is 31.2 Å². The highest BCUT2D eigenvalue weighted by atomic mass is 16.5. The van der Waals surface area contributed by atoms with E-state index in [1.54, 1.807) is 18.2 Å². The van der Waals surface area contributed by atoms with E-state index in [9.17, 15) is 9.59 Å². The molecule has 1 aliphatic heterocycles. The Hall–Kier alpha value is -2.82. The lowest BCUT2D eigenvalue weighted by molar-refractivity contribution is -0.131. The fourth-order valence-corrected chi connectivity index (χ4v) is 2.40. The summed E-state index contributed by atoms with van der Waals surface area (Å²) in [7, 11) is 0. The van der Waals surface area contributed by atoms with Crippen molar-refractivity contribution in [3.8, 4) is 17.2 Å². The molecule has 118 valence electrons. The van der Waals surface area contributed by atoms with Gasteiger partial charge >= 0.3 is 5.97 Å². The molecule has 1 unspecified atom stereocenters. The molecule has 2 aromatic carbocycles. The Morgan fingerprint density at radius 2 is 2.00 bits per heavy atom. The summed E-state index contributed by atoms with van der Waals surface area (Å²) in [6.45, 7) is 3.35. The van der Waals surface area contributed by atoms with Gasteiger partial charge in [-0.25, -0.2) is 0 Å². The van der Waals surface area contributed by atoms with Crippen LogP contribution in [0.2, 0.25) is 0 Å². The second-order valence-electron chi connectivity index (χ2n) is 5.30. The highest BCUT2D eigenvalue weighted by Crippen LogP contribution is 2.31. The smallest absolute Gasteiger partial charge is 0.308 e. The fraction of sp³-hybridized carbons (Fsp3) is 0.222. The minimum Gasteiger partial charge on any atom is -0.488 e. The second-order valence-corrected chi connectivity index (χ2v) is 5.30. The van der Waals surface area contributed by atoms with Crippen molar-refractivity contribution in [2.24, 2.45) is 0 Å². The summed E-state index contributed by atoms with van der Waals surface area (Å²) in [6.07, 6.45) is -0.692. The molecule has 3 rings (SSSR count). The third kappa shape index (κ3) is 3.18. The van der Waals surface area contributed by atoms with Crippen LogP contribution in [0.4, 0.5) is 0 Å². The molecule has 0 saturated carbocycles. The molecule has 0 fully saturated rings. The normalized spacial score (nSPS) is 16.3. The molecule has 0 aliphatic carbocycles. The lowest BCUT2D eigenvalue weighted by Gasteiger charge is -2.25. The quantitative estimate of drug-likeness (QED) is 0.644. The van der Waals surface area contributed by atoms with Crippen molar-refractivity contribution in [3.63, 3.8) is 0 Å². The zero-order valence-electron chi connectivity index (χ0n) is 12.9. The van der Waals surface area contributed by atoms with Gasteiger partial charge in [-0.05, 0) is 30.7 Å². The molecular weight excluding hydrogens is 296 g/mol. The van der Waals surface area contributed by atoms with Crippen molar-refractivity contribution >= 4 is 11.8 Å². The zero-order chi connectivity index (χ0) is 16.4. The number of ketones is 1. The van der Waals surface area contributed by atoms with Crippen molar-refractivity contribution in [2.75, 3.05) is 6.61 Å². The maximum atomic E-state index is 12.6. The van der Waals surface area contributed by atoms with E-state index >= 15 is 0 Å². The van der Waals surface area contributed by atoms with Crippen LogP contribution in [-0.4, -0.2) is 24.5 Å². The van der Waals surface area contributed by atoms with Crippen LogP contribution < -0.4 is 14.2 Å². The summed E-state index contributed by atoms with van der Waals surface area (Å²) in [5.41, 5.74) is 1.38. The number of rotatable bonds is 3. The Morgan fingerprint density at radius 1 is 1.22 bits per heavy atom. The van der Waals surface area contributed by atoms with Crippen molar-refractivity contribution < 1.29 is 23.8 Å². The van der Waals surface area contributed by atoms with E-state index in [2.05, 4.69) is 0 Å². The molecular formula is C18H16O5. The van der Waals surface area contributed by atoms with E-state index in [4.69, 9.17) is 14.2 Å². The first-order chi connectivity index (χ1) is 11.0. The van der Waals surface area contributed by atoms with Crippen LogP contribution in [0.15, 0.2) is 42.5 Å². The second kappa shape index (κ2) is 6.12. The standard InChI is InChI=1S/C18H16O5/c1-11-5-3-4-6-15(11)23-17-10-21-16-9-13(22-12(2)19)7-8-14(16)18(17)20/h3-9,17H,10H2,1-2H3. The highest BCUT2D eigenvalue weighted by Gasteiger charge is 2.31. The predicted octanol–water partition coefficient (Wildman–Crippen LogP) is 2.94. The SMILES string of the molecule is CC(=O)Oc1ccc2c(c1)OCC(Oc1ccccc1C)C2=O. The van der Waals surface area contributed by atoms with Gasteiger partial charge in [-0.2, -0.15) is 0 Å². The molecule has 5 nitrogen and oxygen atoms in total. The molecule has 1 atom stereocenters. The number of ether oxygens (including phenoxy) is 3. The number of Topliss-reactive ketones (excluding diaryl/α,β-unsaturated/α-hetero) is 1. The van der Waals surface area contributed by atoms with E-state index in [0.717, 1.165) is 5.56 Å². The van der Waals surface area contributed by atoms with Crippen LogP contribution in [-0.2, 0) is 4.79 Å². The zero-order valence-corrected chi connectivity index (χ0v) is 12.9. The molecule has 0 N–H and O–H groups in total. The summed E-state index contributed by atoms with van der Waals surface area (Å²) in [5.74, 6) is 0.840. The molecule has 1 aliphatic rings. The van der Waals surface area contributed by atoms with Crippen molar-refractivity contribution in [1.29, 1.82) is 0 Å². The Morgan fingerprint density at radius 3 is 2.74 bits per heavy atom. The topological polar surface area (TPSA) is 61.8 Å². The largest absolute Gasteiger partial charge is 0.488 e. The summed E-state index contributed by atoms with van der Waals surface area (Å²) >= 11 is 0. The Bertz CT molecular complexity index is 766. The average molecular weight is 312 g/mol. The van der Waals surface area contributed by atoms with Gasteiger partial charge in [0, 0.05) is 13.0 Å². The van der Waals surface area contributed by atoms with Crippen molar-refractivity contribution in [3.05, 3.63) is 53.6 Å². The van der Waals surface area contributed by atoms with Crippen LogP contribution in [0.5, 0.6) is 17.2 Å². The number of esters is 1. The molecule has 2 aromatic rings. The Kier molecular flexibility index (Phi) is 4.02. The van der Waals surface area contributed by atoms with Crippen LogP contribution in [0, 0.1) is 6.92 Å². The molecule has 23 heavy (non-hydrogen) atoms. The molecule has 5 heteroatoms. The third-order valence-electron chi connectivity index (χ3n) is 3.53.